The van der Waals surface area contributed by atoms with Crippen molar-refractivity contribution in [1.82, 2.24) is 0 Å². The number of thiophene rings is 1. The van der Waals surface area contributed by atoms with E-state index in [9.17, 15) is 0 Å². The first kappa shape index (κ1) is 19.6. The van der Waals surface area contributed by atoms with Crippen LogP contribution in [-0.4, -0.2) is 21.5 Å². The zero-order chi connectivity index (χ0) is 17.2. The minimum Gasteiger partial charge on any atom is -0.411 e. The Bertz CT molecular complexity index is 488. The molecule has 1 aromatic rings. The topological polar surface area (TPSA) is 27.7 Å². The summed E-state index contributed by atoms with van der Waals surface area (Å²) in [5.74, 6) is 0. The van der Waals surface area contributed by atoms with Crippen LogP contribution in [0.25, 0.3) is 0 Å². The highest BCUT2D eigenvalue weighted by atomic mass is 79.9. The van der Waals surface area contributed by atoms with Crippen LogP contribution < -0.4 is 0 Å². The van der Waals surface area contributed by atoms with Crippen molar-refractivity contribution in [3.8, 4) is 0 Å². The highest BCUT2D eigenvalue weighted by Gasteiger charge is 2.45. The molecule has 2 heterocycles. The largest absolute Gasteiger partial charge is 0.411 e. The van der Waals surface area contributed by atoms with Crippen LogP contribution in [-0.2, 0) is 20.5 Å². The molecule has 0 aliphatic carbocycles. The fourth-order valence-corrected chi connectivity index (χ4v) is 11.1. The predicted molar refractivity (Wildman–Crippen MR) is 103 cm³/mol. The molecular formula is C17H29BrO3SSi. The molecule has 2 rings (SSSR count). The van der Waals surface area contributed by atoms with Crippen LogP contribution in [0.3, 0.4) is 0 Å². The summed E-state index contributed by atoms with van der Waals surface area (Å²) in [4.78, 5) is 2.36. The third kappa shape index (κ3) is 4.10. The highest BCUT2D eigenvalue weighted by Crippen LogP contribution is 2.44. The highest BCUT2D eigenvalue weighted by molar-refractivity contribution is 9.10. The number of ether oxygens (including phenoxy) is 2. The average molecular weight is 421 g/mol. The molecule has 1 saturated heterocycles. The predicted octanol–water partition coefficient (Wildman–Crippen LogP) is 6.25. The minimum atomic E-state index is -1.83. The third-order valence-electron chi connectivity index (χ3n) is 4.79. The van der Waals surface area contributed by atoms with Gasteiger partial charge in [0.2, 0.25) is 8.32 Å². The number of halogens is 1. The Hall–Kier alpha value is 0.277. The number of hydrogen-bond donors (Lipinski definition) is 0. The van der Waals surface area contributed by atoms with Gasteiger partial charge in [0.1, 0.15) is 0 Å². The molecule has 0 unspecified atom stereocenters. The maximum atomic E-state index is 6.69. The molecule has 0 atom stereocenters. The molecule has 23 heavy (non-hydrogen) atoms. The van der Waals surface area contributed by atoms with E-state index in [1.807, 2.05) is 0 Å². The fraction of sp³-hybridized carbons (Fsp3) is 0.765. The van der Waals surface area contributed by atoms with Gasteiger partial charge in [-0.25, -0.2) is 0 Å². The normalized spacial score (nSPS) is 17.1. The standard InChI is InChI=1S/C17H29BrO3SSi/c1-11(2)23(12(3)4,13(5)6)21-10-16-14(18)9-15(22-16)17-19-7-8-20-17/h9,11-13,17H,7-8,10H2,1-6H3. The maximum absolute atomic E-state index is 6.69. The van der Waals surface area contributed by atoms with E-state index in [0.29, 0.717) is 36.4 Å². The van der Waals surface area contributed by atoms with Crippen molar-refractivity contribution in [3.63, 3.8) is 0 Å². The molecule has 1 fully saturated rings. The van der Waals surface area contributed by atoms with Crippen molar-refractivity contribution >= 4 is 35.6 Å². The van der Waals surface area contributed by atoms with Gasteiger partial charge in [0.15, 0.2) is 6.29 Å². The van der Waals surface area contributed by atoms with E-state index in [1.165, 1.54) is 4.88 Å². The van der Waals surface area contributed by atoms with Crippen LogP contribution in [0.5, 0.6) is 0 Å². The molecule has 0 N–H and O–H groups in total. The van der Waals surface area contributed by atoms with E-state index in [0.717, 1.165) is 9.35 Å². The van der Waals surface area contributed by atoms with Gasteiger partial charge in [-0.1, -0.05) is 41.5 Å². The minimum absolute atomic E-state index is 0.202. The van der Waals surface area contributed by atoms with Crippen molar-refractivity contribution in [1.29, 1.82) is 0 Å². The second kappa shape index (κ2) is 8.10. The lowest BCUT2D eigenvalue weighted by Gasteiger charge is -2.42. The molecule has 0 spiro atoms. The van der Waals surface area contributed by atoms with Gasteiger partial charge in [0, 0.05) is 9.35 Å². The molecule has 132 valence electrons. The second-order valence-corrected chi connectivity index (χ2v) is 14.6. The Morgan fingerprint density at radius 3 is 2.13 bits per heavy atom. The van der Waals surface area contributed by atoms with E-state index in [2.05, 4.69) is 63.5 Å². The molecule has 6 heteroatoms. The van der Waals surface area contributed by atoms with Gasteiger partial charge in [-0.15, -0.1) is 11.3 Å². The number of rotatable bonds is 7. The second-order valence-electron chi connectivity index (χ2n) is 7.10. The summed E-state index contributed by atoms with van der Waals surface area (Å²) in [6.07, 6.45) is -0.202. The SMILES string of the molecule is CC(C)[Si](OCc1sc(C2OCCO2)cc1Br)(C(C)C)C(C)C. The van der Waals surface area contributed by atoms with Gasteiger partial charge < -0.3 is 13.9 Å². The van der Waals surface area contributed by atoms with Gasteiger partial charge in [0.25, 0.3) is 0 Å². The summed E-state index contributed by atoms with van der Waals surface area (Å²) in [6.45, 7) is 16.0. The summed E-state index contributed by atoms with van der Waals surface area (Å²) in [5.41, 5.74) is 1.80. The molecule has 0 saturated carbocycles. The van der Waals surface area contributed by atoms with Gasteiger partial charge in [-0.05, 0) is 38.6 Å². The molecule has 1 aliphatic rings. The zero-order valence-electron chi connectivity index (χ0n) is 15.0. The molecule has 1 aliphatic heterocycles. The quantitative estimate of drug-likeness (QED) is 0.487. The van der Waals surface area contributed by atoms with Gasteiger partial charge in [-0.2, -0.15) is 0 Å². The lowest BCUT2D eigenvalue weighted by molar-refractivity contribution is -0.0413. The average Bonchev–Trinajstić information content (AvgIpc) is 3.08. The van der Waals surface area contributed by atoms with Gasteiger partial charge >= 0.3 is 0 Å². The van der Waals surface area contributed by atoms with Gasteiger partial charge in [0.05, 0.1) is 24.7 Å². The summed E-state index contributed by atoms with van der Waals surface area (Å²) in [6, 6.07) is 2.11. The summed E-state index contributed by atoms with van der Waals surface area (Å²) in [5, 5.41) is 0. The van der Waals surface area contributed by atoms with Crippen LogP contribution in [0.2, 0.25) is 16.6 Å². The summed E-state index contributed by atoms with van der Waals surface area (Å²) >= 11 is 5.41. The Morgan fingerprint density at radius 2 is 1.65 bits per heavy atom. The smallest absolute Gasteiger partial charge is 0.200 e. The Balaban J connectivity index is 2.14. The van der Waals surface area contributed by atoms with Gasteiger partial charge in [-0.3, -0.25) is 0 Å². The lowest BCUT2D eigenvalue weighted by Crippen LogP contribution is -2.47. The van der Waals surface area contributed by atoms with Crippen LogP contribution in [0.4, 0.5) is 0 Å². The molecule has 3 nitrogen and oxygen atoms in total. The van der Waals surface area contributed by atoms with E-state index < -0.39 is 8.32 Å². The monoisotopic (exact) mass is 420 g/mol. The van der Waals surface area contributed by atoms with Crippen molar-refractivity contribution in [2.45, 2.75) is 71.1 Å². The molecule has 0 radical (unpaired) electrons. The van der Waals surface area contributed by atoms with Crippen molar-refractivity contribution < 1.29 is 13.9 Å². The lowest BCUT2D eigenvalue weighted by atomic mass is 10.4. The molecule has 0 aromatic carbocycles. The van der Waals surface area contributed by atoms with E-state index >= 15 is 0 Å². The zero-order valence-corrected chi connectivity index (χ0v) is 18.4. The fourth-order valence-electron chi connectivity index (χ4n) is 3.85. The summed E-state index contributed by atoms with van der Waals surface area (Å²) < 4.78 is 19.0. The maximum Gasteiger partial charge on any atom is 0.200 e. The van der Waals surface area contributed by atoms with E-state index in [1.54, 1.807) is 11.3 Å². The molecule has 1 aromatic heterocycles. The molecular weight excluding hydrogens is 392 g/mol. The molecule has 0 amide bonds. The molecule has 0 bridgehead atoms. The van der Waals surface area contributed by atoms with Crippen LogP contribution >= 0.6 is 27.3 Å². The first-order valence-electron chi connectivity index (χ1n) is 8.44. The van der Waals surface area contributed by atoms with Crippen LogP contribution in [0, 0.1) is 0 Å². The Kier molecular flexibility index (Phi) is 6.91. The first-order chi connectivity index (χ1) is 10.8. The first-order valence-corrected chi connectivity index (χ1v) is 12.2. The summed E-state index contributed by atoms with van der Waals surface area (Å²) in [7, 11) is -1.83. The third-order valence-corrected chi connectivity index (χ3v) is 12.9. The van der Waals surface area contributed by atoms with Crippen molar-refractivity contribution in [2.75, 3.05) is 13.2 Å². The van der Waals surface area contributed by atoms with Crippen LogP contribution in [0.1, 0.15) is 57.6 Å². The van der Waals surface area contributed by atoms with Crippen LogP contribution in [0.15, 0.2) is 10.5 Å². The number of hydrogen-bond acceptors (Lipinski definition) is 4. The van der Waals surface area contributed by atoms with Crippen molar-refractivity contribution in [3.05, 3.63) is 20.3 Å². The Morgan fingerprint density at radius 1 is 1.13 bits per heavy atom. The van der Waals surface area contributed by atoms with Crippen molar-refractivity contribution in [2.24, 2.45) is 0 Å². The Labute approximate surface area is 154 Å². The van der Waals surface area contributed by atoms with E-state index in [-0.39, 0.29) is 6.29 Å². The van der Waals surface area contributed by atoms with E-state index in [4.69, 9.17) is 13.9 Å².